The number of hydrogen-bond donors (Lipinski definition) is 1. The van der Waals surface area contributed by atoms with Crippen molar-refractivity contribution in [2.24, 2.45) is 9.98 Å². The summed E-state index contributed by atoms with van der Waals surface area (Å²) in [6, 6.07) is 52.1. The zero-order valence-electron chi connectivity index (χ0n) is 25.7. The van der Waals surface area contributed by atoms with E-state index in [1.165, 1.54) is 10.8 Å². The Morgan fingerprint density at radius 3 is 2.12 bits per heavy atom. The van der Waals surface area contributed by atoms with Crippen LogP contribution in [0, 0.1) is 0 Å². The SMILES string of the molecule is c1ccc(C2=NC(c3cccc4oc5c(-c6ccc7ccccc7c6)cccc5c34)=NC(c3cccc4oc5ccccc5c34)N2)cc1. The van der Waals surface area contributed by atoms with Gasteiger partial charge >= 0.3 is 0 Å². The van der Waals surface area contributed by atoms with Crippen LogP contribution >= 0.6 is 0 Å². The third-order valence-electron chi connectivity index (χ3n) is 9.34. The van der Waals surface area contributed by atoms with E-state index < -0.39 is 6.17 Å². The Morgan fingerprint density at radius 2 is 1.21 bits per heavy atom. The highest BCUT2D eigenvalue weighted by Crippen LogP contribution is 2.40. The van der Waals surface area contributed by atoms with Gasteiger partial charge in [0, 0.05) is 43.8 Å². The number of furan rings is 2. The topological polar surface area (TPSA) is 63.0 Å². The average Bonchev–Trinajstić information content (AvgIpc) is 3.73. The van der Waals surface area contributed by atoms with Crippen LogP contribution in [-0.2, 0) is 0 Å². The largest absolute Gasteiger partial charge is 0.456 e. The summed E-state index contributed by atoms with van der Waals surface area (Å²) in [5, 5.41) is 10.2. The fourth-order valence-corrected chi connectivity index (χ4v) is 7.12. The Bertz CT molecular complexity index is 2770. The minimum atomic E-state index is -0.404. The van der Waals surface area contributed by atoms with Crippen LogP contribution in [0.25, 0.3) is 65.8 Å². The molecule has 1 aliphatic heterocycles. The number of benzene rings is 7. The van der Waals surface area contributed by atoms with E-state index >= 15 is 0 Å². The summed E-state index contributed by atoms with van der Waals surface area (Å²) in [5.41, 5.74) is 8.45. The summed E-state index contributed by atoms with van der Waals surface area (Å²) in [5.74, 6) is 1.41. The maximum Gasteiger partial charge on any atom is 0.160 e. The molecule has 0 spiro atoms. The fourth-order valence-electron chi connectivity index (χ4n) is 7.12. The lowest BCUT2D eigenvalue weighted by atomic mass is 9.98. The van der Waals surface area contributed by atoms with Crippen molar-refractivity contribution < 1.29 is 8.83 Å². The predicted octanol–water partition coefficient (Wildman–Crippen LogP) is 10.8. The number of aliphatic imine (C=N–C) groups is 2. The van der Waals surface area contributed by atoms with E-state index in [4.69, 9.17) is 18.8 Å². The number of hydrogen-bond acceptors (Lipinski definition) is 5. The van der Waals surface area contributed by atoms with Crippen LogP contribution in [0.2, 0.25) is 0 Å². The molecule has 9 aromatic rings. The molecule has 10 rings (SSSR count). The van der Waals surface area contributed by atoms with Crippen molar-refractivity contribution >= 4 is 66.3 Å². The molecule has 2 aromatic heterocycles. The van der Waals surface area contributed by atoms with Crippen LogP contribution in [-0.4, -0.2) is 11.7 Å². The second kappa shape index (κ2) is 10.5. The number of para-hydroxylation sites is 2. The molecule has 0 fully saturated rings. The number of rotatable bonds is 4. The third-order valence-corrected chi connectivity index (χ3v) is 9.34. The quantitative estimate of drug-likeness (QED) is 0.214. The van der Waals surface area contributed by atoms with Crippen molar-refractivity contribution in [1.82, 2.24) is 5.32 Å². The van der Waals surface area contributed by atoms with Gasteiger partial charge in [-0.05, 0) is 40.6 Å². The van der Waals surface area contributed by atoms with Crippen LogP contribution in [0.1, 0.15) is 22.9 Å². The standard InChI is InChI=1S/C43H27N3O2/c1-2-12-27(13-3-1)41-44-42(33-18-9-21-36-38(33)31-15-6-7-20-35(31)47-36)46-43(45-41)34-19-10-22-37-39(34)32-17-8-16-30(40(32)48-37)29-24-23-26-11-4-5-14-28(26)25-29/h1-25,42H,(H,44,45,46). The Hall–Kier alpha value is -6.46. The van der Waals surface area contributed by atoms with E-state index in [2.05, 4.69) is 96.3 Å². The van der Waals surface area contributed by atoms with Crippen molar-refractivity contribution in [2.45, 2.75) is 6.17 Å². The van der Waals surface area contributed by atoms with Gasteiger partial charge in [0.15, 0.2) is 5.84 Å². The van der Waals surface area contributed by atoms with E-state index in [9.17, 15) is 0 Å². The van der Waals surface area contributed by atoms with E-state index in [0.29, 0.717) is 5.84 Å². The van der Waals surface area contributed by atoms with Gasteiger partial charge in [-0.2, -0.15) is 0 Å². The summed E-state index contributed by atoms with van der Waals surface area (Å²) in [6.07, 6.45) is -0.404. The first-order chi connectivity index (χ1) is 23.8. The Kier molecular flexibility index (Phi) is 5.87. The van der Waals surface area contributed by atoms with Crippen molar-refractivity contribution in [3.63, 3.8) is 0 Å². The Labute approximate surface area is 275 Å². The van der Waals surface area contributed by atoms with Crippen LogP contribution in [0.4, 0.5) is 0 Å². The van der Waals surface area contributed by atoms with Crippen LogP contribution in [0.5, 0.6) is 0 Å². The third kappa shape index (κ3) is 4.18. The molecule has 3 heterocycles. The van der Waals surface area contributed by atoms with Crippen LogP contribution in [0.3, 0.4) is 0 Å². The molecule has 0 saturated carbocycles. The highest BCUT2D eigenvalue weighted by molar-refractivity contribution is 6.23. The van der Waals surface area contributed by atoms with Gasteiger partial charge in [0.05, 0.1) is 0 Å². The first kappa shape index (κ1) is 26.7. The molecule has 0 saturated heterocycles. The number of nitrogens with zero attached hydrogens (tertiary/aromatic N) is 2. The summed E-state index contributed by atoms with van der Waals surface area (Å²) in [4.78, 5) is 10.5. The van der Waals surface area contributed by atoms with Gasteiger partial charge in [-0.1, -0.05) is 127 Å². The van der Waals surface area contributed by atoms with Crippen molar-refractivity contribution in [3.05, 3.63) is 168 Å². The van der Waals surface area contributed by atoms with Gasteiger partial charge in [0.1, 0.15) is 34.3 Å². The molecule has 48 heavy (non-hydrogen) atoms. The van der Waals surface area contributed by atoms with E-state index in [-0.39, 0.29) is 0 Å². The molecular formula is C43H27N3O2. The van der Waals surface area contributed by atoms with Gasteiger partial charge in [-0.15, -0.1) is 0 Å². The monoisotopic (exact) mass is 617 g/mol. The number of amidine groups is 2. The highest BCUT2D eigenvalue weighted by atomic mass is 16.3. The Morgan fingerprint density at radius 1 is 0.500 bits per heavy atom. The van der Waals surface area contributed by atoms with Crippen LogP contribution in [0.15, 0.2) is 170 Å². The van der Waals surface area contributed by atoms with E-state index in [1.54, 1.807) is 0 Å². The normalized spacial score (nSPS) is 14.9. The smallest absolute Gasteiger partial charge is 0.160 e. The molecule has 1 N–H and O–H groups in total. The molecule has 5 heteroatoms. The summed E-state index contributed by atoms with van der Waals surface area (Å²) in [7, 11) is 0. The van der Waals surface area contributed by atoms with Gasteiger partial charge in [-0.25, -0.2) is 9.98 Å². The molecule has 5 nitrogen and oxygen atoms in total. The Balaban J connectivity index is 1.19. The molecule has 0 bridgehead atoms. The maximum atomic E-state index is 6.67. The second-order valence-electron chi connectivity index (χ2n) is 12.2. The summed E-state index contributed by atoms with van der Waals surface area (Å²) in [6.45, 7) is 0. The number of fused-ring (bicyclic) bond motifs is 7. The first-order valence-electron chi connectivity index (χ1n) is 16.1. The molecule has 1 aliphatic rings. The van der Waals surface area contributed by atoms with E-state index in [1.807, 2.05) is 60.7 Å². The lowest BCUT2D eigenvalue weighted by molar-refractivity contribution is 0.662. The van der Waals surface area contributed by atoms with Gasteiger partial charge in [0.25, 0.3) is 0 Å². The molecular weight excluding hydrogens is 590 g/mol. The molecule has 0 aliphatic carbocycles. The van der Waals surface area contributed by atoms with Crippen molar-refractivity contribution in [1.29, 1.82) is 0 Å². The molecule has 0 amide bonds. The van der Waals surface area contributed by atoms with Crippen LogP contribution < -0.4 is 5.32 Å². The van der Waals surface area contributed by atoms with E-state index in [0.717, 1.165) is 77.5 Å². The summed E-state index contributed by atoms with van der Waals surface area (Å²) < 4.78 is 12.9. The van der Waals surface area contributed by atoms with Crippen molar-refractivity contribution in [2.75, 3.05) is 0 Å². The lowest BCUT2D eigenvalue weighted by Gasteiger charge is -2.24. The van der Waals surface area contributed by atoms with Gasteiger partial charge in [0.2, 0.25) is 0 Å². The molecule has 1 unspecified atom stereocenters. The van der Waals surface area contributed by atoms with Gasteiger partial charge in [-0.3, -0.25) is 0 Å². The zero-order chi connectivity index (χ0) is 31.6. The highest BCUT2D eigenvalue weighted by Gasteiger charge is 2.26. The fraction of sp³-hybridized carbons (Fsp3) is 0.0233. The molecule has 7 aromatic carbocycles. The maximum absolute atomic E-state index is 6.67. The molecule has 1 atom stereocenters. The minimum Gasteiger partial charge on any atom is -0.456 e. The molecule has 226 valence electrons. The second-order valence-corrected chi connectivity index (χ2v) is 12.2. The molecule has 0 radical (unpaired) electrons. The summed E-state index contributed by atoms with van der Waals surface area (Å²) >= 11 is 0. The van der Waals surface area contributed by atoms with Gasteiger partial charge < -0.3 is 14.2 Å². The minimum absolute atomic E-state index is 0.404. The average molecular weight is 618 g/mol. The first-order valence-corrected chi connectivity index (χ1v) is 16.1. The predicted molar refractivity (Wildman–Crippen MR) is 196 cm³/mol. The van der Waals surface area contributed by atoms with Crippen molar-refractivity contribution in [3.8, 4) is 11.1 Å². The lowest BCUT2D eigenvalue weighted by Crippen LogP contribution is -2.33. The zero-order valence-corrected chi connectivity index (χ0v) is 25.7. The number of nitrogens with one attached hydrogen (secondary N) is 1.